The number of rotatable bonds is 6. The van der Waals surface area contributed by atoms with Crippen LogP contribution in [0.5, 0.6) is 17.2 Å². The quantitative estimate of drug-likeness (QED) is 0.333. The normalized spacial score (nSPS) is 17.6. The van der Waals surface area contributed by atoms with E-state index in [1.807, 2.05) is 17.5 Å². The number of Topliss-reactive ketones (excluding diaryl/α,β-unsaturated/α-hetero) is 1. The van der Waals surface area contributed by atoms with Crippen LogP contribution in [0.1, 0.15) is 22.0 Å². The molecule has 164 valence electrons. The fourth-order valence-electron chi connectivity index (χ4n) is 3.76. The second-order valence-corrected chi connectivity index (χ2v) is 8.20. The lowest BCUT2D eigenvalue weighted by atomic mass is 9.95. The molecule has 2 heterocycles. The van der Waals surface area contributed by atoms with Crippen molar-refractivity contribution in [2.45, 2.75) is 12.6 Å². The summed E-state index contributed by atoms with van der Waals surface area (Å²) in [6, 6.07) is 13.9. The van der Waals surface area contributed by atoms with E-state index in [1.165, 1.54) is 42.6 Å². The largest absolute Gasteiger partial charge is 0.508 e. The number of nitrogens with zero attached hydrogens (tertiary/aromatic N) is 1. The summed E-state index contributed by atoms with van der Waals surface area (Å²) < 4.78 is 10.6. The highest BCUT2D eigenvalue weighted by molar-refractivity contribution is 7.09. The Hall–Kier alpha value is -3.78. The second-order valence-electron chi connectivity index (χ2n) is 7.16. The third kappa shape index (κ3) is 3.80. The van der Waals surface area contributed by atoms with Crippen LogP contribution in [-0.4, -0.2) is 41.0 Å². The number of carbonyl (C=O) groups excluding carboxylic acids is 2. The molecule has 0 radical (unpaired) electrons. The predicted octanol–water partition coefficient (Wildman–Crippen LogP) is 4.09. The number of aromatic hydroxyl groups is 1. The van der Waals surface area contributed by atoms with E-state index in [4.69, 9.17) is 9.47 Å². The Bertz CT molecular complexity index is 1180. The van der Waals surface area contributed by atoms with Gasteiger partial charge in [0.15, 0.2) is 0 Å². The number of hydrogen-bond acceptors (Lipinski definition) is 7. The van der Waals surface area contributed by atoms with Gasteiger partial charge in [0.25, 0.3) is 11.7 Å². The van der Waals surface area contributed by atoms with Gasteiger partial charge in [0.1, 0.15) is 23.0 Å². The van der Waals surface area contributed by atoms with Crippen molar-refractivity contribution in [2.75, 3.05) is 14.2 Å². The molecule has 1 aliphatic heterocycles. The number of methoxy groups -OCH3 is 2. The maximum absolute atomic E-state index is 13.1. The molecule has 7 nitrogen and oxygen atoms in total. The van der Waals surface area contributed by atoms with E-state index in [0.717, 1.165) is 4.88 Å². The number of amides is 1. The Balaban J connectivity index is 1.89. The molecule has 0 saturated carbocycles. The molecule has 1 atom stereocenters. The summed E-state index contributed by atoms with van der Waals surface area (Å²) in [5.41, 5.74) is 0.819. The standard InChI is InChI=1S/C24H21NO6S/c1-30-16-9-10-18(19(12-16)31-2)22(27)20-21(14-5-7-15(26)8-6-14)25(24(29)23(20)28)13-17-4-3-11-32-17/h3-12,21,26-27H,13H2,1-2H3/b22-20-. The minimum absolute atomic E-state index is 0.0410. The SMILES string of the molecule is COc1ccc(/C(O)=C2/C(=O)C(=O)N(Cc3cccs3)C2c2ccc(O)cc2)c(OC)c1. The van der Waals surface area contributed by atoms with Gasteiger partial charge in [0.2, 0.25) is 0 Å². The number of aliphatic hydroxyl groups excluding tert-OH is 1. The zero-order valence-corrected chi connectivity index (χ0v) is 18.3. The van der Waals surface area contributed by atoms with E-state index >= 15 is 0 Å². The number of benzene rings is 2. The molecule has 8 heteroatoms. The zero-order chi connectivity index (χ0) is 22.8. The van der Waals surface area contributed by atoms with Crippen molar-refractivity contribution in [3.63, 3.8) is 0 Å². The molecule has 0 bridgehead atoms. The lowest BCUT2D eigenvalue weighted by molar-refractivity contribution is -0.140. The van der Waals surface area contributed by atoms with Crippen molar-refractivity contribution >= 4 is 28.8 Å². The number of ether oxygens (including phenoxy) is 2. The Kier molecular flexibility index (Phi) is 5.87. The van der Waals surface area contributed by atoms with Crippen molar-refractivity contribution in [1.29, 1.82) is 0 Å². The summed E-state index contributed by atoms with van der Waals surface area (Å²) in [5.74, 6) is -0.946. The van der Waals surface area contributed by atoms with Crippen molar-refractivity contribution in [3.8, 4) is 17.2 Å². The van der Waals surface area contributed by atoms with Crippen LogP contribution in [0, 0.1) is 0 Å². The van der Waals surface area contributed by atoms with Gasteiger partial charge in [-0.2, -0.15) is 0 Å². The lowest BCUT2D eigenvalue weighted by Gasteiger charge is -2.25. The van der Waals surface area contributed by atoms with Gasteiger partial charge in [-0.1, -0.05) is 18.2 Å². The molecule has 3 aromatic rings. The van der Waals surface area contributed by atoms with E-state index < -0.39 is 17.7 Å². The molecular formula is C24H21NO6S. The van der Waals surface area contributed by atoms with Gasteiger partial charge in [0, 0.05) is 10.9 Å². The summed E-state index contributed by atoms with van der Waals surface area (Å²) in [7, 11) is 2.95. The van der Waals surface area contributed by atoms with E-state index in [0.29, 0.717) is 17.1 Å². The molecule has 1 amide bonds. The molecule has 1 unspecified atom stereocenters. The van der Waals surface area contributed by atoms with E-state index in [2.05, 4.69) is 0 Å². The molecule has 2 aromatic carbocycles. The van der Waals surface area contributed by atoms with E-state index in [1.54, 1.807) is 30.3 Å². The molecule has 1 aliphatic rings. The number of phenols is 1. The highest BCUT2D eigenvalue weighted by Crippen LogP contribution is 2.42. The Morgan fingerprint density at radius 2 is 1.81 bits per heavy atom. The van der Waals surface area contributed by atoms with Gasteiger partial charge >= 0.3 is 0 Å². The van der Waals surface area contributed by atoms with Crippen LogP contribution in [0.4, 0.5) is 0 Å². The smallest absolute Gasteiger partial charge is 0.295 e. The van der Waals surface area contributed by atoms with Gasteiger partial charge in [-0.25, -0.2) is 0 Å². The first-order chi connectivity index (χ1) is 15.4. The minimum atomic E-state index is -0.829. The maximum Gasteiger partial charge on any atom is 0.295 e. The number of likely N-dealkylation sites (tertiary alicyclic amines) is 1. The third-order valence-electron chi connectivity index (χ3n) is 5.32. The average Bonchev–Trinajstić information content (AvgIpc) is 3.41. The predicted molar refractivity (Wildman–Crippen MR) is 120 cm³/mol. The molecule has 1 fully saturated rings. The van der Waals surface area contributed by atoms with Crippen LogP contribution in [0.25, 0.3) is 5.76 Å². The number of hydrogen-bond donors (Lipinski definition) is 2. The molecule has 1 aromatic heterocycles. The molecule has 0 spiro atoms. The Morgan fingerprint density at radius 3 is 2.44 bits per heavy atom. The van der Waals surface area contributed by atoms with Gasteiger partial charge < -0.3 is 24.6 Å². The fraction of sp³-hybridized carbons (Fsp3) is 0.167. The van der Waals surface area contributed by atoms with Crippen LogP contribution in [0.3, 0.4) is 0 Å². The molecule has 4 rings (SSSR count). The van der Waals surface area contributed by atoms with Gasteiger partial charge in [-0.15, -0.1) is 11.3 Å². The average molecular weight is 452 g/mol. The van der Waals surface area contributed by atoms with Crippen LogP contribution in [0.2, 0.25) is 0 Å². The van der Waals surface area contributed by atoms with Crippen LogP contribution in [0.15, 0.2) is 65.6 Å². The first-order valence-electron chi connectivity index (χ1n) is 9.76. The van der Waals surface area contributed by atoms with Crippen LogP contribution < -0.4 is 9.47 Å². The summed E-state index contributed by atoms with van der Waals surface area (Å²) in [6.45, 7) is 0.213. The van der Waals surface area contributed by atoms with Crippen molar-refractivity contribution in [1.82, 2.24) is 4.90 Å². The maximum atomic E-state index is 13.1. The Morgan fingerprint density at radius 1 is 1.06 bits per heavy atom. The summed E-state index contributed by atoms with van der Waals surface area (Å²) >= 11 is 1.47. The van der Waals surface area contributed by atoms with Gasteiger partial charge in [-0.05, 0) is 41.3 Å². The minimum Gasteiger partial charge on any atom is -0.508 e. The third-order valence-corrected chi connectivity index (χ3v) is 6.18. The first kappa shape index (κ1) is 21.5. The van der Waals surface area contributed by atoms with Crippen LogP contribution >= 0.6 is 11.3 Å². The van der Waals surface area contributed by atoms with Crippen molar-refractivity contribution < 1.29 is 29.3 Å². The molecule has 2 N–H and O–H groups in total. The van der Waals surface area contributed by atoms with Crippen molar-refractivity contribution in [2.24, 2.45) is 0 Å². The first-order valence-corrected chi connectivity index (χ1v) is 10.6. The lowest BCUT2D eigenvalue weighted by Crippen LogP contribution is -2.28. The summed E-state index contributed by atoms with van der Waals surface area (Å²) in [6.07, 6.45) is 0. The summed E-state index contributed by atoms with van der Waals surface area (Å²) in [5, 5.41) is 22.8. The number of aliphatic hydroxyl groups is 1. The molecular weight excluding hydrogens is 430 g/mol. The topological polar surface area (TPSA) is 96.3 Å². The number of ketones is 1. The summed E-state index contributed by atoms with van der Waals surface area (Å²) in [4.78, 5) is 28.5. The number of thiophene rings is 1. The molecule has 1 saturated heterocycles. The molecule has 32 heavy (non-hydrogen) atoms. The highest BCUT2D eigenvalue weighted by Gasteiger charge is 2.46. The Labute approximate surface area is 188 Å². The number of phenolic OH excluding ortho intramolecular Hbond substituents is 1. The second kappa shape index (κ2) is 8.76. The van der Waals surface area contributed by atoms with Gasteiger partial charge in [0.05, 0.1) is 37.9 Å². The fourth-order valence-corrected chi connectivity index (χ4v) is 4.46. The zero-order valence-electron chi connectivity index (χ0n) is 17.4. The monoisotopic (exact) mass is 451 g/mol. The number of carbonyl (C=O) groups is 2. The molecule has 0 aliphatic carbocycles. The van der Waals surface area contributed by atoms with Crippen LogP contribution in [-0.2, 0) is 16.1 Å². The van der Waals surface area contributed by atoms with Crippen molar-refractivity contribution in [3.05, 3.63) is 81.6 Å². The highest BCUT2D eigenvalue weighted by atomic mass is 32.1. The van der Waals surface area contributed by atoms with Gasteiger partial charge in [-0.3, -0.25) is 9.59 Å². The van der Waals surface area contributed by atoms with E-state index in [9.17, 15) is 19.8 Å². The van der Waals surface area contributed by atoms with E-state index in [-0.39, 0.29) is 29.2 Å².